The minimum Gasteiger partial charge on any atom is -0.455 e. The Bertz CT molecular complexity index is 6330. The van der Waals surface area contributed by atoms with Crippen LogP contribution in [0.5, 0.6) is 0 Å². The highest BCUT2D eigenvalue weighted by Crippen LogP contribution is 2.65. The fourth-order valence-electron chi connectivity index (χ4n) is 21.9. The molecule has 2 aromatic heterocycles. The van der Waals surface area contributed by atoms with Crippen LogP contribution < -0.4 is 4.90 Å². The van der Waals surface area contributed by atoms with Crippen molar-refractivity contribution in [1.82, 2.24) is 0 Å². The number of benzene rings is 13. The molecule has 2 heterocycles. The highest BCUT2D eigenvalue weighted by Gasteiger charge is 2.50. The molecule has 0 spiro atoms. The van der Waals surface area contributed by atoms with Crippen LogP contribution in [0.3, 0.4) is 0 Å². The molecular formula is C107H99NO2. The van der Waals surface area contributed by atoms with Crippen LogP contribution in [0.4, 0.5) is 17.1 Å². The lowest BCUT2D eigenvalue weighted by molar-refractivity contribution is 0.399. The number of fused-ring (bicyclic) bond motifs is 25. The Balaban J connectivity index is 0.694. The molecule has 0 aliphatic heterocycles. The van der Waals surface area contributed by atoms with Crippen molar-refractivity contribution in [2.75, 3.05) is 4.90 Å². The molecule has 5 aliphatic carbocycles. The summed E-state index contributed by atoms with van der Waals surface area (Å²) in [6.45, 7) is 28.7. The molecule has 0 N–H and O–H groups in total. The van der Waals surface area contributed by atoms with E-state index in [4.69, 9.17) is 8.83 Å². The average Bonchev–Trinajstić information content (AvgIpc) is 1.50. The minimum atomic E-state index is -0.398. The molecule has 20 rings (SSSR count). The van der Waals surface area contributed by atoms with Crippen molar-refractivity contribution in [2.45, 2.75) is 187 Å². The quantitative estimate of drug-likeness (QED) is 0.0802. The zero-order valence-corrected chi connectivity index (χ0v) is 66.3. The third-order valence-corrected chi connectivity index (χ3v) is 27.5. The summed E-state index contributed by atoms with van der Waals surface area (Å²) in [6.07, 6.45) is 15.4. The van der Waals surface area contributed by atoms with Crippen molar-refractivity contribution in [3.63, 3.8) is 0 Å². The molecule has 110 heavy (non-hydrogen) atoms. The van der Waals surface area contributed by atoms with Crippen molar-refractivity contribution < 1.29 is 8.83 Å². The summed E-state index contributed by atoms with van der Waals surface area (Å²) in [5, 5.41) is 4.73. The van der Waals surface area contributed by atoms with Gasteiger partial charge in [0.25, 0.3) is 0 Å². The smallest absolute Gasteiger partial charge is 0.144 e. The second-order valence-corrected chi connectivity index (χ2v) is 35.4. The maximum atomic E-state index is 7.21. The van der Waals surface area contributed by atoms with Gasteiger partial charge in [0.1, 0.15) is 22.3 Å². The second-order valence-electron chi connectivity index (χ2n) is 35.4. The fourth-order valence-corrected chi connectivity index (χ4v) is 21.9. The predicted molar refractivity (Wildman–Crippen MR) is 465 cm³/mol. The predicted octanol–water partition coefficient (Wildman–Crippen LogP) is 30.8. The van der Waals surface area contributed by atoms with Gasteiger partial charge in [-0.2, -0.15) is 0 Å². The summed E-state index contributed by atoms with van der Waals surface area (Å²) in [5.41, 5.74) is 43.0. The SMILES string of the molecule is CCCCCCCC1(CCCCCCC)c2ccccc2-c2ccc(-c3ccc4c(c3)C(C)(C)c3cc(-c5ccc(N(c6ccc7c(c6)C(C)(C)c6cc(-c8ccc(C)cc8C)c8oc9ccccc9c8c6-7)c6ccc7c(c6)C(C)(C)c6c8c(c9c(oc%10ccccc%109)c6-7)-c6ccccc6C8(C)C)cc5)ccc3-4)cc21. The molecule has 0 atom stereocenters. The van der Waals surface area contributed by atoms with Gasteiger partial charge in [-0.15, -0.1) is 0 Å². The van der Waals surface area contributed by atoms with Gasteiger partial charge in [0.15, 0.2) is 0 Å². The van der Waals surface area contributed by atoms with Crippen LogP contribution in [0, 0.1) is 13.8 Å². The van der Waals surface area contributed by atoms with Gasteiger partial charge in [-0.3, -0.25) is 0 Å². The van der Waals surface area contributed by atoms with E-state index in [-0.39, 0.29) is 21.7 Å². The molecule has 15 aromatic rings. The molecule has 0 unspecified atom stereocenters. The summed E-state index contributed by atoms with van der Waals surface area (Å²) < 4.78 is 14.2. The lowest BCUT2D eigenvalue weighted by Gasteiger charge is -2.33. The Morgan fingerprint density at radius 1 is 0.291 bits per heavy atom. The zero-order chi connectivity index (χ0) is 75.1. The summed E-state index contributed by atoms with van der Waals surface area (Å²) >= 11 is 0. The lowest BCUT2D eigenvalue weighted by atomic mass is 9.70. The van der Waals surface area contributed by atoms with Crippen molar-refractivity contribution in [3.05, 3.63) is 303 Å². The van der Waals surface area contributed by atoms with E-state index in [0.717, 1.165) is 50.3 Å². The van der Waals surface area contributed by atoms with Crippen molar-refractivity contribution in [3.8, 4) is 89.0 Å². The molecular weight excluding hydrogens is 1330 g/mol. The Labute approximate surface area is 650 Å². The maximum absolute atomic E-state index is 7.21. The van der Waals surface area contributed by atoms with Gasteiger partial charge >= 0.3 is 0 Å². The topological polar surface area (TPSA) is 29.5 Å². The number of nitrogens with zero attached hydrogens (tertiary/aromatic N) is 1. The highest BCUT2D eigenvalue weighted by atomic mass is 16.3. The second kappa shape index (κ2) is 25.1. The van der Waals surface area contributed by atoms with Crippen LogP contribution >= 0.6 is 0 Å². The molecule has 0 saturated carbocycles. The first kappa shape index (κ1) is 68.5. The van der Waals surface area contributed by atoms with E-state index in [1.807, 2.05) is 0 Å². The highest BCUT2D eigenvalue weighted by molar-refractivity contribution is 6.22. The molecule has 0 fully saturated rings. The Kier molecular flexibility index (Phi) is 15.7. The van der Waals surface area contributed by atoms with Crippen LogP contribution in [-0.4, -0.2) is 0 Å². The molecule has 13 aromatic carbocycles. The van der Waals surface area contributed by atoms with Crippen molar-refractivity contribution in [1.29, 1.82) is 0 Å². The monoisotopic (exact) mass is 1430 g/mol. The lowest BCUT2D eigenvalue weighted by Crippen LogP contribution is -2.25. The van der Waals surface area contributed by atoms with E-state index in [1.54, 1.807) is 11.1 Å². The van der Waals surface area contributed by atoms with Gasteiger partial charge in [0.05, 0.1) is 0 Å². The molecule has 3 nitrogen and oxygen atoms in total. The number of hydrogen-bond acceptors (Lipinski definition) is 3. The van der Waals surface area contributed by atoms with E-state index in [2.05, 4.69) is 325 Å². The number of unbranched alkanes of at least 4 members (excludes halogenated alkanes) is 8. The molecule has 0 amide bonds. The summed E-state index contributed by atoms with van der Waals surface area (Å²) in [5.74, 6) is 0. The van der Waals surface area contributed by atoms with Crippen LogP contribution in [0.15, 0.2) is 245 Å². The molecule has 0 saturated heterocycles. The maximum Gasteiger partial charge on any atom is 0.144 e. The third-order valence-electron chi connectivity index (χ3n) is 27.5. The van der Waals surface area contributed by atoms with E-state index >= 15 is 0 Å². The number of anilines is 3. The largest absolute Gasteiger partial charge is 0.455 e. The molecule has 0 radical (unpaired) electrons. The molecule has 5 aliphatic rings. The van der Waals surface area contributed by atoms with Crippen LogP contribution in [0.1, 0.15) is 213 Å². The van der Waals surface area contributed by atoms with Gasteiger partial charge in [-0.05, 0) is 239 Å². The first-order valence-corrected chi connectivity index (χ1v) is 41.2. The van der Waals surface area contributed by atoms with Crippen LogP contribution in [-0.2, 0) is 27.1 Å². The van der Waals surface area contributed by atoms with E-state index in [1.165, 1.54) is 232 Å². The van der Waals surface area contributed by atoms with Crippen molar-refractivity contribution >= 4 is 60.9 Å². The van der Waals surface area contributed by atoms with Gasteiger partial charge in [0, 0.05) is 76.8 Å². The average molecular weight is 1430 g/mol. The van der Waals surface area contributed by atoms with Gasteiger partial charge in [-0.25, -0.2) is 0 Å². The van der Waals surface area contributed by atoms with Gasteiger partial charge < -0.3 is 13.7 Å². The summed E-state index contributed by atoms with van der Waals surface area (Å²) in [7, 11) is 0. The number of furan rings is 2. The number of para-hydroxylation sites is 2. The third kappa shape index (κ3) is 9.93. The van der Waals surface area contributed by atoms with Gasteiger partial charge in [-0.1, -0.05) is 303 Å². The number of hydrogen-bond donors (Lipinski definition) is 0. The number of rotatable bonds is 18. The number of aryl methyl sites for hydroxylation is 2. The molecule has 544 valence electrons. The molecule has 0 bridgehead atoms. The normalized spacial score (nSPS) is 15.5. The van der Waals surface area contributed by atoms with Crippen molar-refractivity contribution in [2.24, 2.45) is 0 Å². The first-order chi connectivity index (χ1) is 53.3. The Morgan fingerprint density at radius 3 is 1.34 bits per heavy atom. The zero-order valence-electron chi connectivity index (χ0n) is 66.3. The first-order valence-electron chi connectivity index (χ1n) is 41.2. The standard InChI is InChI=1S/C107H99NO2/c1-13-15-17-19-29-55-107(56-30-20-18-16-14-2)85-36-26-21-31-74(85)77-52-44-69(60-90(77)107)68-43-51-76-75-50-42-67(58-86(75)103(5,6)87(76)59-68)66-40-45-70(46-41-66)108(71-47-53-79-88(61-71)104(7,8)91-63-83(73-49-39-64(3)57-65(73)4)101-96(94(79)91)81-33-23-27-37-92(81)109-101)72-48-54-80-89(62-72)106(11,12)100-98(80)102-97(82-34-24-28-38-93(82)110-102)95-78-32-22-25-35-84(78)105(9,10)99(95)100/h21-28,31-54,57-63H,13-20,29-30,55-56H2,1-12H3. The fraction of sp³-hybridized carbons (Fsp3) is 0.271. The Hall–Kier alpha value is -10.7. The minimum absolute atomic E-state index is 0.0349. The summed E-state index contributed by atoms with van der Waals surface area (Å²) in [6, 6.07) is 91.6. The summed E-state index contributed by atoms with van der Waals surface area (Å²) in [4.78, 5) is 2.54. The van der Waals surface area contributed by atoms with E-state index < -0.39 is 5.41 Å². The van der Waals surface area contributed by atoms with Crippen LogP contribution in [0.25, 0.3) is 133 Å². The Morgan fingerprint density at radius 2 is 0.718 bits per heavy atom. The van der Waals surface area contributed by atoms with Gasteiger partial charge in [0.2, 0.25) is 0 Å². The van der Waals surface area contributed by atoms with E-state index in [0.29, 0.717) is 0 Å². The van der Waals surface area contributed by atoms with Crippen LogP contribution in [0.2, 0.25) is 0 Å². The molecule has 3 heteroatoms. The van der Waals surface area contributed by atoms with E-state index in [9.17, 15) is 0 Å².